The number of amides is 2. The van der Waals surface area contributed by atoms with Crippen LogP contribution in [0, 0.1) is 0 Å². The third-order valence-electron chi connectivity index (χ3n) is 3.58. The summed E-state index contributed by atoms with van der Waals surface area (Å²) >= 11 is 0. The molecule has 0 bridgehead atoms. The Morgan fingerprint density at radius 3 is 2.94 bits per heavy atom. The van der Waals surface area contributed by atoms with Crippen molar-refractivity contribution >= 4 is 11.8 Å². The lowest BCUT2D eigenvalue weighted by Gasteiger charge is -2.36. The lowest BCUT2D eigenvalue weighted by Crippen LogP contribution is -2.57. The zero-order chi connectivity index (χ0) is 12.4. The second-order valence-corrected chi connectivity index (χ2v) is 5.12. The first-order valence-corrected chi connectivity index (χ1v) is 6.43. The van der Waals surface area contributed by atoms with Gasteiger partial charge in [-0.1, -0.05) is 0 Å². The second-order valence-electron chi connectivity index (χ2n) is 5.12. The van der Waals surface area contributed by atoms with Crippen molar-refractivity contribution in [1.29, 1.82) is 0 Å². The van der Waals surface area contributed by atoms with Crippen molar-refractivity contribution in [3.63, 3.8) is 0 Å². The highest BCUT2D eigenvalue weighted by molar-refractivity contribution is 5.95. The minimum atomic E-state index is -0.174. The fraction of sp³-hybridized carbons (Fsp3) is 0.833. The van der Waals surface area contributed by atoms with Crippen LogP contribution in [0.1, 0.15) is 32.6 Å². The summed E-state index contributed by atoms with van der Waals surface area (Å²) in [4.78, 5) is 27.4. The number of fused-ring (bicyclic) bond motifs is 1. The SMILES string of the molecule is CC(N)CCCN1CC(=O)N2CCCC2C1=O. The summed E-state index contributed by atoms with van der Waals surface area (Å²) < 4.78 is 0. The van der Waals surface area contributed by atoms with Gasteiger partial charge in [0, 0.05) is 19.1 Å². The summed E-state index contributed by atoms with van der Waals surface area (Å²) in [6, 6.07) is -0.0138. The van der Waals surface area contributed by atoms with Crippen molar-refractivity contribution in [2.45, 2.75) is 44.7 Å². The van der Waals surface area contributed by atoms with Crippen LogP contribution in [0.4, 0.5) is 0 Å². The summed E-state index contributed by atoms with van der Waals surface area (Å²) in [5, 5.41) is 0. The minimum absolute atomic E-state index is 0.105. The Balaban J connectivity index is 1.90. The van der Waals surface area contributed by atoms with Gasteiger partial charge < -0.3 is 15.5 Å². The predicted molar refractivity (Wildman–Crippen MR) is 64.2 cm³/mol. The Labute approximate surface area is 102 Å². The fourth-order valence-corrected chi connectivity index (χ4v) is 2.66. The number of piperazine rings is 1. The third kappa shape index (κ3) is 2.60. The van der Waals surface area contributed by atoms with Crippen LogP contribution in [0.25, 0.3) is 0 Å². The summed E-state index contributed by atoms with van der Waals surface area (Å²) in [5.41, 5.74) is 5.68. The van der Waals surface area contributed by atoms with E-state index in [1.54, 1.807) is 9.80 Å². The van der Waals surface area contributed by atoms with E-state index in [0.29, 0.717) is 6.54 Å². The molecular formula is C12H21N3O2. The molecule has 2 atom stereocenters. The van der Waals surface area contributed by atoms with Crippen LogP contribution in [0.2, 0.25) is 0 Å². The van der Waals surface area contributed by atoms with Crippen LogP contribution in [0.15, 0.2) is 0 Å². The Morgan fingerprint density at radius 2 is 2.24 bits per heavy atom. The summed E-state index contributed by atoms with van der Waals surface area (Å²) in [5.74, 6) is 0.236. The number of nitrogens with zero attached hydrogens (tertiary/aromatic N) is 2. The van der Waals surface area contributed by atoms with Crippen molar-refractivity contribution in [2.75, 3.05) is 19.6 Å². The number of carbonyl (C=O) groups excluding carboxylic acids is 2. The second kappa shape index (κ2) is 5.04. The van der Waals surface area contributed by atoms with Gasteiger partial charge in [0.15, 0.2) is 0 Å². The van der Waals surface area contributed by atoms with Gasteiger partial charge in [-0.05, 0) is 32.6 Å². The smallest absolute Gasteiger partial charge is 0.245 e. The van der Waals surface area contributed by atoms with Crippen LogP contribution in [0.5, 0.6) is 0 Å². The first kappa shape index (κ1) is 12.4. The molecule has 5 nitrogen and oxygen atoms in total. The van der Waals surface area contributed by atoms with E-state index in [9.17, 15) is 9.59 Å². The topological polar surface area (TPSA) is 66.6 Å². The van der Waals surface area contributed by atoms with Crippen molar-refractivity contribution in [3.05, 3.63) is 0 Å². The predicted octanol–water partition coefficient (Wildman–Crippen LogP) is -0.0530. The molecule has 0 radical (unpaired) electrons. The molecule has 2 unspecified atom stereocenters. The molecule has 5 heteroatoms. The normalized spacial score (nSPS) is 26.4. The van der Waals surface area contributed by atoms with Gasteiger partial charge in [-0.15, -0.1) is 0 Å². The van der Waals surface area contributed by atoms with Crippen molar-refractivity contribution < 1.29 is 9.59 Å². The molecule has 2 fully saturated rings. The first-order valence-electron chi connectivity index (χ1n) is 6.43. The number of carbonyl (C=O) groups is 2. The van der Waals surface area contributed by atoms with Crippen molar-refractivity contribution in [1.82, 2.24) is 9.80 Å². The molecule has 0 saturated carbocycles. The number of nitrogens with two attached hydrogens (primary N) is 1. The van der Waals surface area contributed by atoms with Gasteiger partial charge in [0.25, 0.3) is 0 Å². The van der Waals surface area contributed by atoms with Crippen LogP contribution in [0.3, 0.4) is 0 Å². The molecule has 2 saturated heterocycles. The molecule has 0 aromatic heterocycles. The molecule has 0 spiro atoms. The zero-order valence-electron chi connectivity index (χ0n) is 10.4. The number of rotatable bonds is 4. The van der Waals surface area contributed by atoms with Crippen molar-refractivity contribution in [2.24, 2.45) is 5.73 Å². The van der Waals surface area contributed by atoms with E-state index in [2.05, 4.69) is 0 Å². The molecule has 17 heavy (non-hydrogen) atoms. The fourth-order valence-electron chi connectivity index (χ4n) is 2.66. The van der Waals surface area contributed by atoms with Gasteiger partial charge in [0.1, 0.15) is 6.04 Å². The average molecular weight is 239 g/mol. The lowest BCUT2D eigenvalue weighted by atomic mass is 10.1. The summed E-state index contributed by atoms with van der Waals surface area (Å²) in [6.45, 7) is 3.63. The van der Waals surface area contributed by atoms with E-state index in [0.717, 1.165) is 32.2 Å². The summed E-state index contributed by atoms with van der Waals surface area (Å²) in [7, 11) is 0. The first-order chi connectivity index (χ1) is 8.09. The van der Waals surface area contributed by atoms with Gasteiger partial charge in [0.2, 0.25) is 11.8 Å². The van der Waals surface area contributed by atoms with Crippen molar-refractivity contribution in [3.8, 4) is 0 Å². The molecule has 2 aliphatic heterocycles. The monoisotopic (exact) mass is 239 g/mol. The van der Waals surface area contributed by atoms with E-state index in [1.807, 2.05) is 6.92 Å². The highest BCUT2D eigenvalue weighted by atomic mass is 16.2. The maximum absolute atomic E-state index is 12.1. The molecule has 0 aromatic carbocycles. The maximum Gasteiger partial charge on any atom is 0.245 e. The molecular weight excluding hydrogens is 218 g/mol. The number of hydrogen-bond donors (Lipinski definition) is 1. The van der Waals surface area contributed by atoms with Gasteiger partial charge >= 0.3 is 0 Å². The Bertz CT molecular complexity index is 317. The highest BCUT2D eigenvalue weighted by Crippen LogP contribution is 2.23. The molecule has 96 valence electrons. The van der Waals surface area contributed by atoms with Crippen LogP contribution < -0.4 is 5.73 Å². The van der Waals surface area contributed by atoms with E-state index in [-0.39, 0.29) is 30.4 Å². The van der Waals surface area contributed by atoms with E-state index < -0.39 is 0 Å². The van der Waals surface area contributed by atoms with Crippen LogP contribution >= 0.6 is 0 Å². The molecule has 2 amide bonds. The number of hydrogen-bond acceptors (Lipinski definition) is 3. The average Bonchev–Trinajstić information content (AvgIpc) is 2.74. The quantitative estimate of drug-likeness (QED) is 0.748. The Kier molecular flexibility index (Phi) is 3.66. The Morgan fingerprint density at radius 1 is 1.47 bits per heavy atom. The maximum atomic E-state index is 12.1. The third-order valence-corrected chi connectivity index (χ3v) is 3.58. The molecule has 2 N–H and O–H groups in total. The Hall–Kier alpha value is -1.10. The van der Waals surface area contributed by atoms with E-state index in [4.69, 9.17) is 5.73 Å². The largest absolute Gasteiger partial charge is 0.332 e. The zero-order valence-corrected chi connectivity index (χ0v) is 10.4. The molecule has 2 aliphatic rings. The minimum Gasteiger partial charge on any atom is -0.332 e. The van der Waals surface area contributed by atoms with Gasteiger partial charge in [-0.2, -0.15) is 0 Å². The summed E-state index contributed by atoms with van der Waals surface area (Å²) in [6.07, 6.45) is 3.56. The van der Waals surface area contributed by atoms with Crippen LogP contribution in [-0.4, -0.2) is 53.3 Å². The van der Waals surface area contributed by atoms with Gasteiger partial charge in [0.05, 0.1) is 6.54 Å². The molecule has 2 heterocycles. The van der Waals surface area contributed by atoms with E-state index in [1.165, 1.54) is 0 Å². The van der Waals surface area contributed by atoms with E-state index >= 15 is 0 Å². The highest BCUT2D eigenvalue weighted by Gasteiger charge is 2.41. The molecule has 0 aliphatic carbocycles. The van der Waals surface area contributed by atoms with Gasteiger partial charge in [-0.3, -0.25) is 9.59 Å². The lowest BCUT2D eigenvalue weighted by molar-refractivity contribution is -0.153. The van der Waals surface area contributed by atoms with Gasteiger partial charge in [-0.25, -0.2) is 0 Å². The molecule has 2 rings (SSSR count). The standard InChI is InChI=1S/C12H21N3O2/c1-9(13)4-2-6-14-8-11(16)15-7-3-5-10(15)12(14)17/h9-10H,2-8,13H2,1H3. The van der Waals surface area contributed by atoms with Crippen LogP contribution in [-0.2, 0) is 9.59 Å². The molecule has 0 aromatic rings.